The Bertz CT molecular complexity index is 634. The summed E-state index contributed by atoms with van der Waals surface area (Å²) in [7, 11) is 0. The quantitative estimate of drug-likeness (QED) is 0.883. The molecule has 0 bridgehead atoms. The van der Waals surface area contributed by atoms with Gasteiger partial charge in [-0.15, -0.1) is 0 Å². The smallest absolute Gasteiger partial charge is 0.246 e. The second-order valence-corrected chi connectivity index (χ2v) is 5.16. The maximum Gasteiger partial charge on any atom is 0.246 e. The molecule has 0 aliphatic carbocycles. The van der Waals surface area contributed by atoms with E-state index in [2.05, 4.69) is 10.4 Å². The van der Waals surface area contributed by atoms with E-state index in [9.17, 15) is 4.79 Å². The Hall–Kier alpha value is -2.50. The zero-order valence-electron chi connectivity index (χ0n) is 12.5. The molecule has 0 radical (unpaired) electrons. The van der Waals surface area contributed by atoms with Crippen LogP contribution in [0.3, 0.4) is 0 Å². The Morgan fingerprint density at radius 3 is 2.81 bits per heavy atom. The van der Waals surface area contributed by atoms with Crippen LogP contribution in [-0.4, -0.2) is 21.8 Å². The van der Waals surface area contributed by atoms with Crippen molar-refractivity contribution in [2.75, 3.05) is 11.1 Å². The summed E-state index contributed by atoms with van der Waals surface area (Å²) in [6.45, 7) is 6.00. The van der Waals surface area contributed by atoms with Crippen LogP contribution in [0.15, 0.2) is 30.6 Å². The molecule has 0 fully saturated rings. The maximum absolute atomic E-state index is 12.0. The molecule has 2 aromatic rings. The Labute approximate surface area is 123 Å². The van der Waals surface area contributed by atoms with Crippen molar-refractivity contribution in [2.24, 2.45) is 0 Å². The number of anilines is 2. The number of nitrogens with two attached hydrogens (primary N) is 1. The average Bonchev–Trinajstić information content (AvgIpc) is 2.77. The summed E-state index contributed by atoms with van der Waals surface area (Å²) < 4.78 is 7.11. The largest absolute Gasteiger partial charge is 0.491 e. The molecular weight excluding hydrogens is 268 g/mol. The molecular formula is C15H20N4O2. The summed E-state index contributed by atoms with van der Waals surface area (Å²) in [5, 5.41) is 6.83. The Kier molecular flexibility index (Phi) is 4.47. The molecule has 3 N–H and O–H groups in total. The number of hydrogen-bond acceptors (Lipinski definition) is 4. The molecule has 2 rings (SSSR count). The van der Waals surface area contributed by atoms with Crippen LogP contribution in [0.2, 0.25) is 0 Å². The third-order valence-corrected chi connectivity index (χ3v) is 2.80. The van der Waals surface area contributed by atoms with Crippen LogP contribution in [0.4, 0.5) is 11.4 Å². The predicted molar refractivity (Wildman–Crippen MR) is 82.2 cm³/mol. The van der Waals surface area contributed by atoms with Crippen LogP contribution in [0.25, 0.3) is 0 Å². The second kappa shape index (κ2) is 6.30. The molecule has 0 saturated heterocycles. The van der Waals surface area contributed by atoms with Crippen molar-refractivity contribution >= 4 is 17.3 Å². The number of nitrogen functional groups attached to an aromatic ring is 1. The number of amides is 1. The van der Waals surface area contributed by atoms with Gasteiger partial charge in [0.1, 0.15) is 12.3 Å². The molecule has 0 aliphatic rings. The minimum atomic E-state index is -0.154. The van der Waals surface area contributed by atoms with Gasteiger partial charge in [0, 0.05) is 11.9 Å². The van der Waals surface area contributed by atoms with Crippen LogP contribution in [0, 0.1) is 6.92 Å². The lowest BCUT2D eigenvalue weighted by atomic mass is 10.2. The lowest BCUT2D eigenvalue weighted by molar-refractivity contribution is -0.116. The van der Waals surface area contributed by atoms with Gasteiger partial charge in [-0.2, -0.15) is 5.10 Å². The van der Waals surface area contributed by atoms with Crippen molar-refractivity contribution in [3.05, 3.63) is 36.2 Å². The zero-order valence-corrected chi connectivity index (χ0v) is 12.5. The molecule has 6 heteroatoms. The summed E-state index contributed by atoms with van der Waals surface area (Å²) in [5.41, 5.74) is 7.80. The van der Waals surface area contributed by atoms with E-state index in [1.54, 1.807) is 6.20 Å². The van der Waals surface area contributed by atoms with E-state index in [1.165, 1.54) is 10.9 Å². The van der Waals surface area contributed by atoms with Gasteiger partial charge in [-0.25, -0.2) is 0 Å². The first-order valence-electron chi connectivity index (χ1n) is 6.79. The van der Waals surface area contributed by atoms with Gasteiger partial charge in [-0.05, 0) is 44.5 Å². The molecule has 1 heterocycles. The molecule has 0 unspecified atom stereocenters. The number of aryl methyl sites for hydroxylation is 1. The fourth-order valence-corrected chi connectivity index (χ4v) is 1.92. The van der Waals surface area contributed by atoms with Crippen molar-refractivity contribution in [3.8, 4) is 5.75 Å². The van der Waals surface area contributed by atoms with Crippen LogP contribution in [-0.2, 0) is 11.3 Å². The monoisotopic (exact) mass is 288 g/mol. The number of aromatic nitrogens is 2. The topological polar surface area (TPSA) is 82.2 Å². The number of nitrogens with zero attached hydrogens (tertiary/aromatic N) is 2. The highest BCUT2D eigenvalue weighted by Crippen LogP contribution is 2.22. The molecule has 0 spiro atoms. The van der Waals surface area contributed by atoms with Gasteiger partial charge < -0.3 is 15.8 Å². The normalized spacial score (nSPS) is 10.7. The van der Waals surface area contributed by atoms with Gasteiger partial charge in [0.25, 0.3) is 0 Å². The van der Waals surface area contributed by atoms with E-state index in [0.29, 0.717) is 5.69 Å². The summed E-state index contributed by atoms with van der Waals surface area (Å²) >= 11 is 0. The van der Waals surface area contributed by atoms with E-state index in [1.807, 2.05) is 39.0 Å². The number of ether oxygens (including phenoxy) is 1. The van der Waals surface area contributed by atoms with Gasteiger partial charge in [0.2, 0.25) is 5.91 Å². The van der Waals surface area contributed by atoms with Crippen LogP contribution in [0.5, 0.6) is 5.75 Å². The van der Waals surface area contributed by atoms with E-state index in [4.69, 9.17) is 10.5 Å². The molecule has 0 atom stereocenters. The standard InChI is InChI=1S/C15H20N4O2/c1-10(2)21-13-4-5-14(11(3)6-13)18-15(20)9-19-8-12(16)7-17-19/h4-8,10H,9,16H2,1-3H3,(H,18,20). The highest BCUT2D eigenvalue weighted by molar-refractivity contribution is 5.91. The second-order valence-electron chi connectivity index (χ2n) is 5.16. The minimum Gasteiger partial charge on any atom is -0.491 e. The first-order chi connectivity index (χ1) is 9.94. The van der Waals surface area contributed by atoms with Gasteiger partial charge in [0.15, 0.2) is 0 Å². The molecule has 6 nitrogen and oxygen atoms in total. The SMILES string of the molecule is Cc1cc(OC(C)C)ccc1NC(=O)Cn1cc(N)cn1. The lowest BCUT2D eigenvalue weighted by Gasteiger charge is -2.13. The van der Waals surface area contributed by atoms with Crippen molar-refractivity contribution in [1.82, 2.24) is 9.78 Å². The van der Waals surface area contributed by atoms with Crippen molar-refractivity contribution in [2.45, 2.75) is 33.4 Å². The maximum atomic E-state index is 12.0. The Balaban J connectivity index is 2.00. The van der Waals surface area contributed by atoms with Gasteiger partial charge in [0.05, 0.1) is 18.0 Å². The minimum absolute atomic E-state index is 0.120. The number of hydrogen-bond donors (Lipinski definition) is 2. The number of rotatable bonds is 5. The first-order valence-corrected chi connectivity index (χ1v) is 6.79. The third kappa shape index (κ3) is 4.24. The highest BCUT2D eigenvalue weighted by atomic mass is 16.5. The van der Waals surface area contributed by atoms with Crippen LogP contribution in [0.1, 0.15) is 19.4 Å². The number of carbonyl (C=O) groups excluding carboxylic acids is 1. The van der Waals surface area contributed by atoms with Crippen molar-refractivity contribution in [1.29, 1.82) is 0 Å². The third-order valence-electron chi connectivity index (χ3n) is 2.80. The van der Waals surface area contributed by atoms with Crippen LogP contribution >= 0.6 is 0 Å². The van der Waals surface area contributed by atoms with Crippen molar-refractivity contribution < 1.29 is 9.53 Å². The summed E-state index contributed by atoms with van der Waals surface area (Å²) in [5.74, 6) is 0.638. The summed E-state index contributed by atoms with van der Waals surface area (Å²) in [6, 6.07) is 5.58. The van der Waals surface area contributed by atoms with Crippen molar-refractivity contribution in [3.63, 3.8) is 0 Å². The molecule has 21 heavy (non-hydrogen) atoms. The molecule has 1 amide bonds. The zero-order chi connectivity index (χ0) is 15.4. The molecule has 1 aromatic heterocycles. The predicted octanol–water partition coefficient (Wildman–Crippen LogP) is 2.20. The summed E-state index contributed by atoms with van der Waals surface area (Å²) in [4.78, 5) is 12.0. The Morgan fingerprint density at radius 1 is 1.48 bits per heavy atom. The number of carbonyl (C=O) groups is 1. The fraction of sp³-hybridized carbons (Fsp3) is 0.333. The van der Waals surface area contributed by atoms with Gasteiger partial charge >= 0.3 is 0 Å². The molecule has 112 valence electrons. The highest BCUT2D eigenvalue weighted by Gasteiger charge is 2.08. The van der Waals surface area contributed by atoms with E-state index < -0.39 is 0 Å². The number of nitrogens with one attached hydrogen (secondary N) is 1. The molecule has 0 saturated carbocycles. The van der Waals surface area contributed by atoms with Gasteiger partial charge in [-0.1, -0.05) is 0 Å². The van der Waals surface area contributed by atoms with E-state index in [-0.39, 0.29) is 18.6 Å². The fourth-order valence-electron chi connectivity index (χ4n) is 1.92. The first kappa shape index (κ1) is 14.9. The van der Waals surface area contributed by atoms with E-state index >= 15 is 0 Å². The number of benzene rings is 1. The van der Waals surface area contributed by atoms with Gasteiger partial charge in [-0.3, -0.25) is 9.48 Å². The Morgan fingerprint density at radius 2 is 2.24 bits per heavy atom. The van der Waals surface area contributed by atoms with E-state index in [0.717, 1.165) is 17.0 Å². The lowest BCUT2D eigenvalue weighted by Crippen LogP contribution is -2.19. The average molecular weight is 288 g/mol. The molecule has 0 aliphatic heterocycles. The molecule has 1 aromatic carbocycles. The van der Waals surface area contributed by atoms with Crippen LogP contribution < -0.4 is 15.8 Å². The summed E-state index contributed by atoms with van der Waals surface area (Å²) in [6.07, 6.45) is 3.25.